The molecule has 1 N–H and O–H groups in total. The van der Waals surface area contributed by atoms with Gasteiger partial charge in [-0.3, -0.25) is 0 Å². The summed E-state index contributed by atoms with van der Waals surface area (Å²) < 4.78 is 4.95. The van der Waals surface area contributed by atoms with Crippen LogP contribution >= 0.6 is 11.3 Å². The molecule has 1 aromatic carbocycles. The molecule has 0 fully saturated rings. The van der Waals surface area contributed by atoms with Gasteiger partial charge in [-0.15, -0.1) is 11.3 Å². The summed E-state index contributed by atoms with van der Waals surface area (Å²) in [4.78, 5) is 12.1. The van der Waals surface area contributed by atoms with Crippen molar-refractivity contribution in [3.63, 3.8) is 0 Å². The summed E-state index contributed by atoms with van der Waals surface area (Å²) >= 11 is 1.39. The number of rotatable bonds is 4. The molecule has 0 saturated heterocycles. The van der Waals surface area contributed by atoms with Crippen LogP contribution in [0.25, 0.3) is 0 Å². The van der Waals surface area contributed by atoms with E-state index < -0.39 is 0 Å². The molecule has 0 radical (unpaired) electrons. The molecule has 1 heterocycles. The van der Waals surface area contributed by atoms with Gasteiger partial charge in [0.1, 0.15) is 4.88 Å². The number of carbonyl (C=O) groups excluding carboxylic acids is 1. The third kappa shape index (κ3) is 3.11. The van der Waals surface area contributed by atoms with Crippen LogP contribution in [0.15, 0.2) is 36.4 Å². The fourth-order valence-electron chi connectivity index (χ4n) is 1.50. The van der Waals surface area contributed by atoms with Crippen LogP contribution in [0.4, 0.5) is 10.7 Å². The van der Waals surface area contributed by atoms with Gasteiger partial charge in [0.25, 0.3) is 0 Å². The van der Waals surface area contributed by atoms with Crippen LogP contribution in [0.2, 0.25) is 0 Å². The van der Waals surface area contributed by atoms with Gasteiger partial charge < -0.3 is 10.1 Å². The van der Waals surface area contributed by atoms with E-state index in [-0.39, 0.29) is 5.97 Å². The molecule has 0 saturated carbocycles. The summed E-state index contributed by atoms with van der Waals surface area (Å²) in [6.07, 6.45) is 0. The van der Waals surface area contributed by atoms with E-state index in [1.54, 1.807) is 13.0 Å². The molecule has 4 heteroatoms. The van der Waals surface area contributed by atoms with Crippen molar-refractivity contribution >= 4 is 28.0 Å². The molecule has 0 spiro atoms. The number of carbonyl (C=O) groups is 1. The first-order valence-corrected chi connectivity index (χ1v) is 6.61. The molecule has 0 unspecified atom stereocenters. The number of thiophene rings is 1. The Labute approximate surface area is 110 Å². The first-order valence-electron chi connectivity index (χ1n) is 5.79. The minimum atomic E-state index is -0.264. The predicted octanol–water partition coefficient (Wildman–Crippen LogP) is 3.98. The highest BCUT2D eigenvalue weighted by Gasteiger charge is 2.09. The number of benzene rings is 1. The number of anilines is 2. The average Bonchev–Trinajstić information content (AvgIpc) is 2.81. The maximum Gasteiger partial charge on any atom is 0.348 e. The van der Waals surface area contributed by atoms with E-state index >= 15 is 0 Å². The Morgan fingerprint density at radius 2 is 1.94 bits per heavy atom. The normalized spacial score (nSPS) is 10.1. The zero-order valence-electron chi connectivity index (χ0n) is 10.4. The summed E-state index contributed by atoms with van der Waals surface area (Å²) in [5, 5.41) is 4.19. The fraction of sp³-hybridized carbons (Fsp3) is 0.214. The molecule has 2 aromatic rings. The first-order chi connectivity index (χ1) is 8.69. The van der Waals surface area contributed by atoms with Crippen LogP contribution in [0.5, 0.6) is 0 Å². The van der Waals surface area contributed by atoms with Crippen molar-refractivity contribution < 1.29 is 9.53 Å². The molecule has 0 aliphatic heterocycles. The lowest BCUT2D eigenvalue weighted by Gasteiger charge is -2.03. The molecular formula is C14H15NO2S. The van der Waals surface area contributed by atoms with E-state index in [0.29, 0.717) is 11.5 Å². The molecule has 94 valence electrons. The molecule has 18 heavy (non-hydrogen) atoms. The van der Waals surface area contributed by atoms with Crippen molar-refractivity contribution in [1.82, 2.24) is 0 Å². The van der Waals surface area contributed by atoms with Gasteiger partial charge in [0.05, 0.1) is 11.6 Å². The summed E-state index contributed by atoms with van der Waals surface area (Å²) in [5.74, 6) is -0.264. The van der Waals surface area contributed by atoms with Gasteiger partial charge in [-0.2, -0.15) is 0 Å². The molecule has 2 rings (SSSR count). The molecule has 0 bridgehead atoms. The van der Waals surface area contributed by atoms with E-state index in [9.17, 15) is 4.79 Å². The molecule has 3 nitrogen and oxygen atoms in total. The van der Waals surface area contributed by atoms with E-state index in [4.69, 9.17) is 4.74 Å². The number of hydrogen-bond acceptors (Lipinski definition) is 4. The topological polar surface area (TPSA) is 38.3 Å². The lowest BCUT2D eigenvalue weighted by molar-refractivity contribution is 0.0532. The van der Waals surface area contributed by atoms with Crippen molar-refractivity contribution in [2.45, 2.75) is 13.8 Å². The van der Waals surface area contributed by atoms with Gasteiger partial charge in [0.2, 0.25) is 0 Å². The number of ether oxygens (including phenoxy) is 1. The highest BCUT2D eigenvalue weighted by atomic mass is 32.1. The molecular weight excluding hydrogens is 246 g/mol. The lowest BCUT2D eigenvalue weighted by Crippen LogP contribution is -2.01. The molecule has 0 aliphatic rings. The number of nitrogens with one attached hydrogen (secondary N) is 1. The van der Waals surface area contributed by atoms with Crippen molar-refractivity contribution in [3.8, 4) is 0 Å². The van der Waals surface area contributed by atoms with E-state index in [1.807, 2.05) is 37.3 Å². The maximum atomic E-state index is 11.5. The van der Waals surface area contributed by atoms with Gasteiger partial charge in [-0.1, -0.05) is 17.7 Å². The Morgan fingerprint density at radius 3 is 2.61 bits per heavy atom. The highest BCUT2D eigenvalue weighted by Crippen LogP contribution is 2.26. The highest BCUT2D eigenvalue weighted by molar-refractivity contribution is 7.17. The smallest absolute Gasteiger partial charge is 0.348 e. The van der Waals surface area contributed by atoms with Gasteiger partial charge in [-0.25, -0.2) is 4.79 Å². The number of esters is 1. The molecule has 0 amide bonds. The van der Waals surface area contributed by atoms with Crippen LogP contribution < -0.4 is 5.32 Å². The van der Waals surface area contributed by atoms with Crippen molar-refractivity contribution in [3.05, 3.63) is 46.8 Å². The van der Waals surface area contributed by atoms with Crippen LogP contribution in [-0.2, 0) is 4.74 Å². The van der Waals surface area contributed by atoms with Crippen LogP contribution in [0, 0.1) is 6.92 Å². The van der Waals surface area contributed by atoms with Gasteiger partial charge in [0.15, 0.2) is 0 Å². The Morgan fingerprint density at radius 1 is 1.22 bits per heavy atom. The molecule has 0 atom stereocenters. The van der Waals surface area contributed by atoms with E-state index in [2.05, 4.69) is 5.32 Å². The van der Waals surface area contributed by atoms with Crippen LogP contribution in [0.3, 0.4) is 0 Å². The average molecular weight is 261 g/mol. The van der Waals surface area contributed by atoms with Crippen LogP contribution in [-0.4, -0.2) is 12.6 Å². The quantitative estimate of drug-likeness (QED) is 0.846. The third-order valence-corrected chi connectivity index (χ3v) is 3.38. The number of hydrogen-bond donors (Lipinski definition) is 1. The fourth-order valence-corrected chi connectivity index (χ4v) is 2.32. The molecule has 1 aromatic heterocycles. The minimum absolute atomic E-state index is 0.264. The lowest BCUT2D eigenvalue weighted by atomic mass is 10.2. The van der Waals surface area contributed by atoms with Gasteiger partial charge >= 0.3 is 5.97 Å². The van der Waals surface area contributed by atoms with E-state index in [1.165, 1.54) is 16.9 Å². The summed E-state index contributed by atoms with van der Waals surface area (Å²) in [7, 11) is 0. The standard InChI is InChI=1S/C14H15NO2S/c1-3-17-14(16)12-8-9-13(18-12)15-11-6-4-10(2)5-7-11/h4-9,15H,3H2,1-2H3. The van der Waals surface area contributed by atoms with Crippen LogP contribution in [0.1, 0.15) is 22.2 Å². The first kappa shape index (κ1) is 12.6. The second-order valence-electron chi connectivity index (χ2n) is 3.88. The number of aryl methyl sites for hydroxylation is 1. The monoisotopic (exact) mass is 261 g/mol. The second kappa shape index (κ2) is 5.69. The predicted molar refractivity (Wildman–Crippen MR) is 74.7 cm³/mol. The largest absolute Gasteiger partial charge is 0.462 e. The van der Waals surface area contributed by atoms with Crippen molar-refractivity contribution in [2.75, 3.05) is 11.9 Å². The minimum Gasteiger partial charge on any atom is -0.462 e. The zero-order chi connectivity index (χ0) is 13.0. The second-order valence-corrected chi connectivity index (χ2v) is 4.96. The third-order valence-electron chi connectivity index (χ3n) is 2.40. The summed E-state index contributed by atoms with van der Waals surface area (Å²) in [6, 6.07) is 11.8. The van der Waals surface area contributed by atoms with Gasteiger partial charge in [0, 0.05) is 5.69 Å². The summed E-state index contributed by atoms with van der Waals surface area (Å²) in [6.45, 7) is 4.25. The van der Waals surface area contributed by atoms with Crippen molar-refractivity contribution in [1.29, 1.82) is 0 Å². The van der Waals surface area contributed by atoms with E-state index in [0.717, 1.165) is 10.7 Å². The van der Waals surface area contributed by atoms with Crippen molar-refractivity contribution in [2.24, 2.45) is 0 Å². The summed E-state index contributed by atoms with van der Waals surface area (Å²) in [5.41, 5.74) is 2.23. The zero-order valence-corrected chi connectivity index (χ0v) is 11.2. The van der Waals surface area contributed by atoms with Gasteiger partial charge in [-0.05, 0) is 38.1 Å². The Kier molecular flexibility index (Phi) is 3.99. The Hall–Kier alpha value is -1.81. The Balaban J connectivity index is 2.06. The molecule has 0 aliphatic carbocycles. The Bertz CT molecular complexity index is 531. The SMILES string of the molecule is CCOC(=O)c1ccc(Nc2ccc(C)cc2)s1. The maximum absolute atomic E-state index is 11.5.